The second kappa shape index (κ2) is 11.7. The Balaban J connectivity index is 1.73. The van der Waals surface area contributed by atoms with Crippen LogP contribution in [0, 0.1) is 0 Å². The second-order valence-electron chi connectivity index (χ2n) is 8.80. The van der Waals surface area contributed by atoms with Gasteiger partial charge in [-0.1, -0.05) is 43.3 Å². The molecule has 0 spiro atoms. The number of ether oxygens (including phenoxy) is 1. The lowest BCUT2D eigenvalue weighted by atomic mass is 10.0. The number of benzodiazepines with no additional fused rings is 1. The molecular formula is C29H30N4O4. The Bertz CT molecular complexity index is 1320. The van der Waals surface area contributed by atoms with Gasteiger partial charge in [0, 0.05) is 24.6 Å². The lowest BCUT2D eigenvalue weighted by molar-refractivity contribution is -0.129. The SMILES string of the molecule is CCc1cccc(NC(=O)C[C@@H]2N=C(c3ccccn3)c3ccccc3N(CC(=O)[C@@H](C)OC)C2=O)c1. The Labute approximate surface area is 216 Å². The second-order valence-corrected chi connectivity index (χ2v) is 8.80. The van der Waals surface area contributed by atoms with Gasteiger partial charge in [-0.05, 0) is 49.2 Å². The van der Waals surface area contributed by atoms with Crippen LogP contribution in [0.3, 0.4) is 0 Å². The number of ketones is 1. The topological polar surface area (TPSA) is 101 Å². The van der Waals surface area contributed by atoms with E-state index < -0.39 is 18.1 Å². The maximum atomic E-state index is 13.8. The molecule has 1 N–H and O–H groups in total. The number of carbonyl (C=O) groups excluding carboxylic acids is 3. The normalized spacial score (nSPS) is 15.9. The molecule has 2 atom stereocenters. The summed E-state index contributed by atoms with van der Waals surface area (Å²) >= 11 is 0. The van der Waals surface area contributed by atoms with Gasteiger partial charge in [-0.2, -0.15) is 0 Å². The largest absolute Gasteiger partial charge is 0.374 e. The first-order chi connectivity index (χ1) is 17.9. The average Bonchev–Trinajstić information content (AvgIpc) is 3.03. The van der Waals surface area contributed by atoms with E-state index in [2.05, 4.69) is 10.3 Å². The van der Waals surface area contributed by atoms with E-state index in [1.54, 1.807) is 37.4 Å². The van der Waals surface area contributed by atoms with Gasteiger partial charge < -0.3 is 15.0 Å². The fourth-order valence-corrected chi connectivity index (χ4v) is 4.16. The molecule has 2 heterocycles. The molecule has 3 aromatic rings. The van der Waals surface area contributed by atoms with Gasteiger partial charge in [0.05, 0.1) is 30.1 Å². The van der Waals surface area contributed by atoms with Gasteiger partial charge in [0.2, 0.25) is 5.91 Å². The molecular weight excluding hydrogens is 468 g/mol. The van der Waals surface area contributed by atoms with Gasteiger partial charge in [0.25, 0.3) is 5.91 Å². The quantitative estimate of drug-likeness (QED) is 0.483. The number of nitrogens with zero attached hydrogens (tertiary/aromatic N) is 3. The summed E-state index contributed by atoms with van der Waals surface area (Å²) in [5, 5.41) is 2.88. The summed E-state index contributed by atoms with van der Waals surface area (Å²) in [6.07, 6.45) is 1.61. The maximum Gasteiger partial charge on any atom is 0.252 e. The molecule has 1 aliphatic heterocycles. The summed E-state index contributed by atoms with van der Waals surface area (Å²) in [5.74, 6) is -1.04. The molecule has 4 rings (SSSR count). The van der Waals surface area contributed by atoms with Crippen LogP contribution in [0.4, 0.5) is 11.4 Å². The minimum absolute atomic E-state index is 0.190. The first-order valence-corrected chi connectivity index (χ1v) is 12.3. The minimum atomic E-state index is -1.05. The number of aliphatic imine (C=N–C) groups is 1. The van der Waals surface area contributed by atoms with Crippen LogP contribution in [0.2, 0.25) is 0 Å². The minimum Gasteiger partial charge on any atom is -0.374 e. The molecule has 0 bridgehead atoms. The molecule has 37 heavy (non-hydrogen) atoms. The fraction of sp³-hybridized carbons (Fsp3) is 0.276. The van der Waals surface area contributed by atoms with Crippen molar-refractivity contribution in [1.29, 1.82) is 0 Å². The third-order valence-corrected chi connectivity index (χ3v) is 6.31. The monoisotopic (exact) mass is 498 g/mol. The number of methoxy groups -OCH3 is 1. The highest BCUT2D eigenvalue weighted by atomic mass is 16.5. The maximum absolute atomic E-state index is 13.8. The molecule has 190 valence electrons. The van der Waals surface area contributed by atoms with Crippen molar-refractivity contribution in [2.45, 2.75) is 38.8 Å². The van der Waals surface area contributed by atoms with Crippen molar-refractivity contribution in [3.63, 3.8) is 0 Å². The molecule has 8 nitrogen and oxygen atoms in total. The van der Waals surface area contributed by atoms with Crippen LogP contribution < -0.4 is 10.2 Å². The van der Waals surface area contributed by atoms with E-state index in [-0.39, 0.29) is 24.7 Å². The molecule has 1 aromatic heterocycles. The number of fused-ring (bicyclic) bond motifs is 1. The van der Waals surface area contributed by atoms with Crippen molar-refractivity contribution in [1.82, 2.24) is 4.98 Å². The first-order valence-electron chi connectivity index (χ1n) is 12.3. The third kappa shape index (κ3) is 5.98. The zero-order valence-electron chi connectivity index (χ0n) is 21.2. The third-order valence-electron chi connectivity index (χ3n) is 6.31. The lowest BCUT2D eigenvalue weighted by Crippen LogP contribution is -2.44. The standard InChI is InChI=1S/C29H30N4O4/c1-4-20-10-9-11-21(16-20)31-27(35)17-24-29(36)33(18-26(34)19(2)37-3)25-14-6-5-12-22(25)28(32-24)23-13-7-8-15-30-23/h5-16,19,24H,4,17-18H2,1-3H3,(H,31,35)/t19-,24+/m1/s1. The molecule has 1 aliphatic rings. The highest BCUT2D eigenvalue weighted by molar-refractivity contribution is 6.20. The Hall–Kier alpha value is -4.17. The zero-order chi connectivity index (χ0) is 26.4. The van der Waals surface area contributed by atoms with E-state index >= 15 is 0 Å². The molecule has 2 amide bonds. The Morgan fingerprint density at radius 1 is 1.08 bits per heavy atom. The average molecular weight is 499 g/mol. The Morgan fingerprint density at radius 3 is 2.59 bits per heavy atom. The van der Waals surface area contributed by atoms with Gasteiger partial charge in [0.1, 0.15) is 12.1 Å². The molecule has 0 radical (unpaired) electrons. The Kier molecular flexibility index (Phi) is 8.20. The number of amides is 2. The summed E-state index contributed by atoms with van der Waals surface area (Å²) in [7, 11) is 1.45. The first kappa shape index (κ1) is 25.9. The van der Waals surface area contributed by atoms with Crippen LogP contribution in [0.5, 0.6) is 0 Å². The van der Waals surface area contributed by atoms with Gasteiger partial charge in [-0.15, -0.1) is 0 Å². The summed E-state index contributed by atoms with van der Waals surface area (Å²) in [5.41, 5.74) is 4.00. The van der Waals surface area contributed by atoms with Crippen LogP contribution in [0.25, 0.3) is 0 Å². The zero-order valence-corrected chi connectivity index (χ0v) is 21.2. The van der Waals surface area contributed by atoms with Crippen molar-refractivity contribution in [2.75, 3.05) is 23.9 Å². The number of carbonyl (C=O) groups is 3. The number of nitrogens with one attached hydrogen (secondary N) is 1. The van der Waals surface area contributed by atoms with E-state index in [1.807, 2.05) is 49.4 Å². The van der Waals surface area contributed by atoms with Gasteiger partial charge in [-0.25, -0.2) is 0 Å². The van der Waals surface area contributed by atoms with Crippen LogP contribution in [-0.4, -0.2) is 54.1 Å². The molecule has 0 saturated carbocycles. The number of anilines is 2. The predicted molar refractivity (Wildman–Crippen MR) is 143 cm³/mol. The van der Waals surface area contributed by atoms with Gasteiger partial charge in [-0.3, -0.25) is 24.4 Å². The van der Waals surface area contributed by atoms with Crippen molar-refractivity contribution in [2.24, 2.45) is 4.99 Å². The number of aromatic nitrogens is 1. The number of pyridine rings is 1. The number of benzene rings is 2. The molecule has 8 heteroatoms. The van der Waals surface area contributed by atoms with Gasteiger partial charge in [0.15, 0.2) is 5.78 Å². The molecule has 0 unspecified atom stereocenters. The number of rotatable bonds is 9. The predicted octanol–water partition coefficient (Wildman–Crippen LogP) is 3.83. The summed E-state index contributed by atoms with van der Waals surface area (Å²) < 4.78 is 5.18. The van der Waals surface area contributed by atoms with Crippen LogP contribution in [0.15, 0.2) is 77.9 Å². The number of hydrogen-bond donors (Lipinski definition) is 1. The van der Waals surface area contributed by atoms with E-state index in [4.69, 9.17) is 9.73 Å². The summed E-state index contributed by atoms with van der Waals surface area (Å²) in [6.45, 7) is 3.48. The Morgan fingerprint density at radius 2 is 1.86 bits per heavy atom. The van der Waals surface area contributed by atoms with Crippen molar-refractivity contribution in [3.05, 3.63) is 89.7 Å². The summed E-state index contributed by atoms with van der Waals surface area (Å²) in [6, 6.07) is 19.2. The van der Waals surface area contributed by atoms with E-state index in [1.165, 1.54) is 12.0 Å². The van der Waals surface area contributed by atoms with E-state index in [9.17, 15) is 14.4 Å². The van der Waals surface area contributed by atoms with Crippen molar-refractivity contribution in [3.8, 4) is 0 Å². The van der Waals surface area contributed by atoms with Gasteiger partial charge >= 0.3 is 0 Å². The smallest absolute Gasteiger partial charge is 0.252 e. The number of aryl methyl sites for hydroxylation is 1. The molecule has 0 fully saturated rings. The molecule has 0 aliphatic carbocycles. The number of hydrogen-bond acceptors (Lipinski definition) is 6. The molecule has 2 aromatic carbocycles. The van der Waals surface area contributed by atoms with Crippen molar-refractivity contribution >= 4 is 34.7 Å². The van der Waals surface area contributed by atoms with Crippen LogP contribution in [-0.2, 0) is 25.5 Å². The fourth-order valence-electron chi connectivity index (χ4n) is 4.16. The van der Waals surface area contributed by atoms with Crippen molar-refractivity contribution < 1.29 is 19.1 Å². The van der Waals surface area contributed by atoms with E-state index in [0.717, 1.165) is 12.0 Å². The van der Waals surface area contributed by atoms with Crippen LogP contribution >= 0.6 is 0 Å². The number of Topliss-reactive ketones (excluding diaryl/α,β-unsaturated/α-hetero) is 1. The number of para-hydroxylation sites is 1. The lowest BCUT2D eigenvalue weighted by Gasteiger charge is -2.25. The highest BCUT2D eigenvalue weighted by Gasteiger charge is 2.35. The van der Waals surface area contributed by atoms with E-state index in [0.29, 0.717) is 28.3 Å². The highest BCUT2D eigenvalue weighted by Crippen LogP contribution is 2.29. The molecule has 0 saturated heterocycles. The summed E-state index contributed by atoms with van der Waals surface area (Å²) in [4.78, 5) is 50.4. The van der Waals surface area contributed by atoms with Crippen LogP contribution in [0.1, 0.15) is 37.1 Å².